The van der Waals surface area contributed by atoms with Gasteiger partial charge in [0.25, 0.3) is 0 Å². The molecule has 1 rings (SSSR count). The molecule has 1 saturated heterocycles. The Morgan fingerprint density at radius 1 is 1.44 bits per heavy atom. The number of amides is 1. The second-order valence-electron chi connectivity index (χ2n) is 5.64. The fourth-order valence-corrected chi connectivity index (χ4v) is 2.54. The fourth-order valence-electron chi connectivity index (χ4n) is 2.54. The molecule has 4 heteroatoms. The van der Waals surface area contributed by atoms with E-state index in [4.69, 9.17) is 10.5 Å². The SMILES string of the molecule is CC(C)C(CCN)CCC(=O)N(C)C1CCOC1. The minimum absolute atomic E-state index is 0.244. The summed E-state index contributed by atoms with van der Waals surface area (Å²) in [6.07, 6.45) is 3.57. The molecule has 2 atom stereocenters. The molecule has 1 heterocycles. The Bertz CT molecular complexity index is 250. The topological polar surface area (TPSA) is 55.6 Å². The first-order chi connectivity index (χ1) is 8.56. The van der Waals surface area contributed by atoms with Crippen molar-refractivity contribution in [2.45, 2.75) is 45.6 Å². The molecule has 1 amide bonds. The Morgan fingerprint density at radius 2 is 2.17 bits per heavy atom. The average Bonchev–Trinajstić information content (AvgIpc) is 2.86. The number of carbonyl (C=O) groups excluding carboxylic acids is 1. The largest absolute Gasteiger partial charge is 0.379 e. The molecule has 2 N–H and O–H groups in total. The third-order valence-corrected chi connectivity index (χ3v) is 4.06. The number of rotatable bonds is 7. The molecular formula is C14H28N2O2. The summed E-state index contributed by atoms with van der Waals surface area (Å²) in [5.41, 5.74) is 5.62. The van der Waals surface area contributed by atoms with Crippen molar-refractivity contribution in [2.75, 3.05) is 26.8 Å². The molecule has 0 bridgehead atoms. The molecule has 0 aromatic heterocycles. The van der Waals surface area contributed by atoms with Crippen LogP contribution in [-0.2, 0) is 9.53 Å². The normalized spacial score (nSPS) is 21.3. The summed E-state index contributed by atoms with van der Waals surface area (Å²) in [5, 5.41) is 0. The van der Waals surface area contributed by atoms with Crippen molar-refractivity contribution in [3.8, 4) is 0 Å². The highest BCUT2D eigenvalue weighted by molar-refractivity contribution is 5.76. The summed E-state index contributed by atoms with van der Waals surface area (Å²) >= 11 is 0. The zero-order chi connectivity index (χ0) is 13.5. The third kappa shape index (κ3) is 4.58. The summed E-state index contributed by atoms with van der Waals surface area (Å²) in [7, 11) is 1.90. The van der Waals surface area contributed by atoms with E-state index in [1.165, 1.54) is 0 Å². The Hall–Kier alpha value is -0.610. The van der Waals surface area contributed by atoms with E-state index in [2.05, 4.69) is 13.8 Å². The van der Waals surface area contributed by atoms with Gasteiger partial charge >= 0.3 is 0 Å². The highest BCUT2D eigenvalue weighted by atomic mass is 16.5. The number of ether oxygens (including phenoxy) is 1. The van der Waals surface area contributed by atoms with Crippen LogP contribution in [0.25, 0.3) is 0 Å². The van der Waals surface area contributed by atoms with E-state index in [-0.39, 0.29) is 11.9 Å². The van der Waals surface area contributed by atoms with Crippen molar-refractivity contribution in [1.29, 1.82) is 0 Å². The Balaban J connectivity index is 2.34. The van der Waals surface area contributed by atoms with Crippen molar-refractivity contribution >= 4 is 5.91 Å². The van der Waals surface area contributed by atoms with Crippen LogP contribution in [0.3, 0.4) is 0 Å². The van der Waals surface area contributed by atoms with Crippen LogP contribution in [-0.4, -0.2) is 43.7 Å². The van der Waals surface area contributed by atoms with E-state index in [0.717, 1.165) is 25.9 Å². The van der Waals surface area contributed by atoms with Crippen LogP contribution in [0.1, 0.15) is 39.5 Å². The standard InChI is InChI=1S/C14H28N2O2/c1-11(2)12(6-8-15)4-5-14(17)16(3)13-7-9-18-10-13/h11-13H,4-10,15H2,1-3H3. The minimum atomic E-state index is 0.244. The lowest BCUT2D eigenvalue weighted by Gasteiger charge is -2.25. The molecule has 2 unspecified atom stereocenters. The van der Waals surface area contributed by atoms with Gasteiger partial charge in [-0.05, 0) is 37.6 Å². The molecule has 1 fully saturated rings. The molecule has 0 aromatic rings. The van der Waals surface area contributed by atoms with Crippen molar-refractivity contribution < 1.29 is 9.53 Å². The van der Waals surface area contributed by atoms with Crippen LogP contribution < -0.4 is 5.73 Å². The van der Waals surface area contributed by atoms with Crippen LogP contribution in [0, 0.1) is 11.8 Å². The first kappa shape index (κ1) is 15.4. The van der Waals surface area contributed by atoms with Gasteiger partial charge in [0.1, 0.15) is 0 Å². The van der Waals surface area contributed by atoms with E-state index in [9.17, 15) is 4.79 Å². The molecule has 106 valence electrons. The molecule has 18 heavy (non-hydrogen) atoms. The van der Waals surface area contributed by atoms with Gasteiger partial charge in [0.05, 0.1) is 12.6 Å². The van der Waals surface area contributed by atoms with E-state index in [1.54, 1.807) is 0 Å². The highest BCUT2D eigenvalue weighted by Gasteiger charge is 2.24. The minimum Gasteiger partial charge on any atom is -0.379 e. The Kier molecular flexibility index (Phi) is 6.65. The van der Waals surface area contributed by atoms with E-state index >= 15 is 0 Å². The zero-order valence-corrected chi connectivity index (χ0v) is 12.0. The van der Waals surface area contributed by atoms with Crippen molar-refractivity contribution in [3.63, 3.8) is 0 Å². The van der Waals surface area contributed by atoms with Crippen LogP contribution in [0.5, 0.6) is 0 Å². The fraction of sp³-hybridized carbons (Fsp3) is 0.929. The molecule has 0 spiro atoms. The van der Waals surface area contributed by atoms with Crippen LogP contribution in [0.4, 0.5) is 0 Å². The summed E-state index contributed by atoms with van der Waals surface area (Å²) in [6.45, 7) is 6.60. The zero-order valence-electron chi connectivity index (χ0n) is 12.0. The first-order valence-electron chi connectivity index (χ1n) is 7.09. The third-order valence-electron chi connectivity index (χ3n) is 4.06. The lowest BCUT2D eigenvalue weighted by Crippen LogP contribution is -2.37. The molecule has 0 saturated carbocycles. The Morgan fingerprint density at radius 3 is 2.67 bits per heavy atom. The number of carbonyl (C=O) groups is 1. The summed E-state index contributed by atoms with van der Waals surface area (Å²) in [6, 6.07) is 0.282. The second kappa shape index (κ2) is 7.74. The molecule has 1 aliphatic rings. The van der Waals surface area contributed by atoms with Crippen LogP contribution in [0.2, 0.25) is 0 Å². The molecule has 1 aliphatic heterocycles. The summed E-state index contributed by atoms with van der Waals surface area (Å²) in [5.74, 6) is 1.40. The maximum Gasteiger partial charge on any atom is 0.222 e. The average molecular weight is 256 g/mol. The summed E-state index contributed by atoms with van der Waals surface area (Å²) < 4.78 is 5.32. The van der Waals surface area contributed by atoms with Gasteiger partial charge in [-0.15, -0.1) is 0 Å². The van der Waals surface area contributed by atoms with E-state index in [0.29, 0.717) is 31.4 Å². The summed E-state index contributed by atoms with van der Waals surface area (Å²) in [4.78, 5) is 14.0. The number of nitrogens with two attached hydrogens (primary N) is 1. The predicted octanol–water partition coefficient (Wildman–Crippen LogP) is 1.63. The number of hydrogen-bond donors (Lipinski definition) is 1. The van der Waals surface area contributed by atoms with Gasteiger partial charge < -0.3 is 15.4 Å². The number of nitrogens with zero attached hydrogens (tertiary/aromatic N) is 1. The lowest BCUT2D eigenvalue weighted by molar-refractivity contribution is -0.132. The monoisotopic (exact) mass is 256 g/mol. The smallest absolute Gasteiger partial charge is 0.222 e. The molecule has 4 nitrogen and oxygen atoms in total. The molecule has 0 aliphatic carbocycles. The lowest BCUT2D eigenvalue weighted by atomic mass is 9.88. The van der Waals surface area contributed by atoms with Crippen molar-refractivity contribution in [3.05, 3.63) is 0 Å². The highest BCUT2D eigenvalue weighted by Crippen LogP contribution is 2.21. The van der Waals surface area contributed by atoms with E-state index < -0.39 is 0 Å². The maximum absolute atomic E-state index is 12.1. The van der Waals surface area contributed by atoms with Crippen LogP contribution >= 0.6 is 0 Å². The first-order valence-corrected chi connectivity index (χ1v) is 7.09. The van der Waals surface area contributed by atoms with Gasteiger partial charge in [0.2, 0.25) is 5.91 Å². The van der Waals surface area contributed by atoms with Gasteiger partial charge in [-0.25, -0.2) is 0 Å². The van der Waals surface area contributed by atoms with Gasteiger partial charge in [-0.3, -0.25) is 4.79 Å². The van der Waals surface area contributed by atoms with Crippen molar-refractivity contribution in [2.24, 2.45) is 17.6 Å². The van der Waals surface area contributed by atoms with Crippen molar-refractivity contribution in [1.82, 2.24) is 4.90 Å². The van der Waals surface area contributed by atoms with E-state index in [1.807, 2.05) is 11.9 Å². The quantitative estimate of drug-likeness (QED) is 0.753. The predicted molar refractivity (Wildman–Crippen MR) is 73.2 cm³/mol. The molecule has 0 aromatic carbocycles. The van der Waals surface area contributed by atoms with Gasteiger partial charge in [-0.2, -0.15) is 0 Å². The number of likely N-dealkylation sites (N-methyl/N-ethyl adjacent to an activating group) is 1. The second-order valence-corrected chi connectivity index (χ2v) is 5.64. The molecular weight excluding hydrogens is 228 g/mol. The number of hydrogen-bond acceptors (Lipinski definition) is 3. The van der Waals surface area contributed by atoms with Crippen LogP contribution in [0.15, 0.2) is 0 Å². The van der Waals surface area contributed by atoms with Gasteiger partial charge in [0, 0.05) is 20.1 Å². The maximum atomic E-state index is 12.1. The Labute approximate surface area is 111 Å². The van der Waals surface area contributed by atoms with Gasteiger partial charge in [0.15, 0.2) is 0 Å². The van der Waals surface area contributed by atoms with Gasteiger partial charge in [-0.1, -0.05) is 13.8 Å². The molecule has 0 radical (unpaired) electrons.